The van der Waals surface area contributed by atoms with Gasteiger partial charge in [0.1, 0.15) is 6.29 Å². The summed E-state index contributed by atoms with van der Waals surface area (Å²) < 4.78 is 0. The molecule has 1 aromatic heterocycles. The summed E-state index contributed by atoms with van der Waals surface area (Å²) >= 11 is 1.66. The first-order valence-corrected chi connectivity index (χ1v) is 6.89. The number of unbranched alkanes of at least 4 members (excludes halogenated alkanes) is 1. The van der Waals surface area contributed by atoms with Gasteiger partial charge in [0.2, 0.25) is 0 Å². The number of hydrogen-bond donors (Lipinski definition) is 0. The van der Waals surface area contributed by atoms with E-state index >= 15 is 0 Å². The minimum atomic E-state index is 0.630. The van der Waals surface area contributed by atoms with Gasteiger partial charge in [0.05, 0.1) is 0 Å². The monoisotopic (exact) mass is 254 g/mol. The Morgan fingerprint density at radius 1 is 1.17 bits per heavy atom. The Labute approximate surface area is 111 Å². The largest absolute Gasteiger partial charge is 0.303 e. The minimum absolute atomic E-state index is 0.630. The van der Waals surface area contributed by atoms with E-state index in [0.717, 1.165) is 30.3 Å². The van der Waals surface area contributed by atoms with Crippen LogP contribution in [0, 0.1) is 11.8 Å². The molecule has 2 rings (SSSR count). The molecule has 0 fully saturated rings. The van der Waals surface area contributed by atoms with Gasteiger partial charge in [0.15, 0.2) is 0 Å². The Morgan fingerprint density at radius 3 is 2.83 bits per heavy atom. The number of carbonyl (C=O) groups is 1. The Hall–Kier alpha value is -1.85. The molecule has 0 aliphatic heterocycles. The van der Waals surface area contributed by atoms with E-state index in [4.69, 9.17) is 0 Å². The van der Waals surface area contributed by atoms with Gasteiger partial charge in [-0.1, -0.05) is 24.0 Å². The highest BCUT2D eigenvalue weighted by atomic mass is 32.1. The topological polar surface area (TPSA) is 17.1 Å². The van der Waals surface area contributed by atoms with Crippen molar-refractivity contribution in [3.8, 4) is 11.8 Å². The van der Waals surface area contributed by atoms with Crippen LogP contribution < -0.4 is 0 Å². The Bertz CT molecular complexity index is 558. The van der Waals surface area contributed by atoms with Crippen LogP contribution in [0.2, 0.25) is 0 Å². The van der Waals surface area contributed by atoms with Gasteiger partial charge in [-0.2, -0.15) is 11.3 Å². The third-order valence-electron chi connectivity index (χ3n) is 2.59. The summed E-state index contributed by atoms with van der Waals surface area (Å²) in [6.07, 6.45) is 3.45. The lowest BCUT2D eigenvalue weighted by Crippen LogP contribution is -1.87. The van der Waals surface area contributed by atoms with Crippen LogP contribution in [0.5, 0.6) is 0 Å². The van der Waals surface area contributed by atoms with Crippen molar-refractivity contribution < 1.29 is 4.79 Å². The second kappa shape index (κ2) is 6.78. The maximum atomic E-state index is 10.3. The lowest BCUT2D eigenvalue weighted by molar-refractivity contribution is -0.107. The van der Waals surface area contributed by atoms with Gasteiger partial charge in [0, 0.05) is 22.9 Å². The molecule has 0 aliphatic carbocycles. The Balaban J connectivity index is 2.05. The number of thiophene rings is 1. The molecule has 0 amide bonds. The highest BCUT2D eigenvalue weighted by molar-refractivity contribution is 7.08. The molecule has 0 saturated heterocycles. The Morgan fingerprint density at radius 2 is 2.06 bits per heavy atom. The first kappa shape index (κ1) is 12.6. The molecule has 1 nitrogen and oxygen atoms in total. The minimum Gasteiger partial charge on any atom is -0.303 e. The van der Waals surface area contributed by atoms with Crippen LogP contribution in [0.1, 0.15) is 29.5 Å². The summed E-state index contributed by atoms with van der Waals surface area (Å²) in [6, 6.07) is 10.2. The van der Waals surface area contributed by atoms with Crippen molar-refractivity contribution in [1.82, 2.24) is 0 Å². The van der Waals surface area contributed by atoms with Crippen LogP contribution in [0.3, 0.4) is 0 Å². The van der Waals surface area contributed by atoms with E-state index < -0.39 is 0 Å². The van der Waals surface area contributed by atoms with E-state index in [-0.39, 0.29) is 0 Å². The molecular formula is C16H14OS. The van der Waals surface area contributed by atoms with Gasteiger partial charge in [-0.3, -0.25) is 0 Å². The first-order valence-electron chi connectivity index (χ1n) is 5.95. The standard InChI is InChI=1S/C16H14OS/c17-10-2-1-4-14-5-3-6-15(12-14)7-8-16-9-11-18-13-16/h3,5-6,9-13H,1-2,4H2. The summed E-state index contributed by atoms with van der Waals surface area (Å²) in [5.74, 6) is 6.30. The molecule has 1 aromatic carbocycles. The number of carbonyl (C=O) groups excluding carboxylic acids is 1. The molecular weight excluding hydrogens is 240 g/mol. The zero-order chi connectivity index (χ0) is 12.6. The van der Waals surface area contributed by atoms with Crippen LogP contribution in [-0.4, -0.2) is 6.29 Å². The van der Waals surface area contributed by atoms with Crippen molar-refractivity contribution in [3.63, 3.8) is 0 Å². The third kappa shape index (κ3) is 3.87. The van der Waals surface area contributed by atoms with Crippen LogP contribution >= 0.6 is 11.3 Å². The molecule has 0 bridgehead atoms. The van der Waals surface area contributed by atoms with Gasteiger partial charge in [-0.15, -0.1) is 0 Å². The highest BCUT2D eigenvalue weighted by Crippen LogP contribution is 2.09. The summed E-state index contributed by atoms with van der Waals surface area (Å²) in [4.78, 5) is 10.3. The molecule has 0 saturated carbocycles. The molecule has 0 N–H and O–H groups in total. The van der Waals surface area contributed by atoms with Crippen LogP contribution in [0.25, 0.3) is 0 Å². The molecule has 0 unspecified atom stereocenters. The zero-order valence-corrected chi connectivity index (χ0v) is 10.9. The summed E-state index contributed by atoms with van der Waals surface area (Å²) in [5.41, 5.74) is 3.34. The second-order valence-electron chi connectivity index (χ2n) is 4.02. The lowest BCUT2D eigenvalue weighted by Gasteiger charge is -1.99. The third-order valence-corrected chi connectivity index (χ3v) is 3.27. The maximum Gasteiger partial charge on any atom is 0.120 e. The van der Waals surface area contributed by atoms with Gasteiger partial charge in [-0.05, 0) is 42.0 Å². The SMILES string of the molecule is O=CCCCc1cccc(C#Cc2ccsc2)c1. The van der Waals surface area contributed by atoms with Crippen LogP contribution in [0.4, 0.5) is 0 Å². The number of aryl methyl sites for hydroxylation is 1. The fourth-order valence-electron chi connectivity index (χ4n) is 1.67. The number of aldehydes is 1. The predicted octanol–water partition coefficient (Wildman–Crippen LogP) is 3.67. The van der Waals surface area contributed by atoms with Crippen molar-refractivity contribution in [1.29, 1.82) is 0 Å². The van der Waals surface area contributed by atoms with E-state index in [0.29, 0.717) is 6.42 Å². The van der Waals surface area contributed by atoms with Crippen LogP contribution in [0.15, 0.2) is 41.1 Å². The van der Waals surface area contributed by atoms with Gasteiger partial charge in [0.25, 0.3) is 0 Å². The van der Waals surface area contributed by atoms with E-state index in [2.05, 4.69) is 24.0 Å². The van der Waals surface area contributed by atoms with Crippen molar-refractivity contribution in [2.45, 2.75) is 19.3 Å². The lowest BCUT2D eigenvalue weighted by atomic mass is 10.1. The van der Waals surface area contributed by atoms with E-state index in [1.54, 1.807) is 11.3 Å². The highest BCUT2D eigenvalue weighted by Gasteiger charge is 1.94. The number of benzene rings is 1. The van der Waals surface area contributed by atoms with Crippen molar-refractivity contribution in [2.24, 2.45) is 0 Å². The predicted molar refractivity (Wildman–Crippen MR) is 75.7 cm³/mol. The average Bonchev–Trinajstić information content (AvgIpc) is 2.90. The first-order chi connectivity index (χ1) is 8.88. The van der Waals surface area contributed by atoms with E-state index in [1.807, 2.05) is 29.0 Å². The van der Waals surface area contributed by atoms with Crippen LogP contribution in [-0.2, 0) is 11.2 Å². The number of rotatable bonds is 4. The fourth-order valence-corrected chi connectivity index (χ4v) is 2.26. The van der Waals surface area contributed by atoms with Gasteiger partial charge < -0.3 is 4.79 Å². The van der Waals surface area contributed by atoms with Crippen molar-refractivity contribution in [2.75, 3.05) is 0 Å². The molecule has 0 radical (unpaired) electrons. The average molecular weight is 254 g/mol. The van der Waals surface area contributed by atoms with Gasteiger partial charge >= 0.3 is 0 Å². The van der Waals surface area contributed by atoms with E-state index in [1.165, 1.54) is 5.56 Å². The molecule has 18 heavy (non-hydrogen) atoms. The van der Waals surface area contributed by atoms with Crippen molar-refractivity contribution >= 4 is 17.6 Å². The molecule has 2 heteroatoms. The van der Waals surface area contributed by atoms with E-state index in [9.17, 15) is 4.79 Å². The molecule has 2 aromatic rings. The van der Waals surface area contributed by atoms with Crippen molar-refractivity contribution in [3.05, 3.63) is 57.8 Å². The quantitative estimate of drug-likeness (QED) is 0.462. The zero-order valence-electron chi connectivity index (χ0n) is 10.1. The molecule has 0 atom stereocenters. The summed E-state index contributed by atoms with van der Waals surface area (Å²) in [5, 5.41) is 4.07. The summed E-state index contributed by atoms with van der Waals surface area (Å²) in [6.45, 7) is 0. The molecule has 1 heterocycles. The maximum absolute atomic E-state index is 10.3. The number of hydrogen-bond acceptors (Lipinski definition) is 2. The van der Waals surface area contributed by atoms with Gasteiger partial charge in [-0.25, -0.2) is 0 Å². The summed E-state index contributed by atoms with van der Waals surface area (Å²) in [7, 11) is 0. The molecule has 0 aliphatic rings. The molecule has 90 valence electrons. The smallest absolute Gasteiger partial charge is 0.120 e. The normalized spacial score (nSPS) is 9.56. The molecule has 0 spiro atoms. The fraction of sp³-hybridized carbons (Fsp3) is 0.188. The second-order valence-corrected chi connectivity index (χ2v) is 4.80. The Kier molecular flexibility index (Phi) is 4.75.